The van der Waals surface area contributed by atoms with E-state index in [1.54, 1.807) is 45.0 Å². The van der Waals surface area contributed by atoms with Crippen molar-refractivity contribution in [2.75, 3.05) is 6.61 Å². The molecule has 0 fully saturated rings. The molecule has 0 amide bonds. The zero-order valence-corrected chi connectivity index (χ0v) is 12.6. The highest BCUT2D eigenvalue weighted by molar-refractivity contribution is 6.34. The van der Waals surface area contributed by atoms with E-state index in [9.17, 15) is 14.7 Å². The molecular formula is C15H19ClO4. The predicted molar refractivity (Wildman–Crippen MR) is 76.8 cm³/mol. The summed E-state index contributed by atoms with van der Waals surface area (Å²) in [7, 11) is 0. The van der Waals surface area contributed by atoms with Crippen molar-refractivity contribution < 1.29 is 19.4 Å². The maximum Gasteiger partial charge on any atom is 0.311 e. The summed E-state index contributed by atoms with van der Waals surface area (Å²) in [5.41, 5.74) is -0.332. The normalized spacial score (nSPS) is 12.8. The third-order valence-electron chi connectivity index (χ3n) is 2.68. The van der Waals surface area contributed by atoms with E-state index in [2.05, 4.69) is 0 Å². The van der Waals surface area contributed by atoms with Crippen molar-refractivity contribution in [3.05, 3.63) is 34.9 Å². The number of hydrogen-bond donors (Lipinski definition) is 1. The van der Waals surface area contributed by atoms with Gasteiger partial charge in [0.1, 0.15) is 6.10 Å². The lowest BCUT2D eigenvalue weighted by Crippen LogP contribution is -2.27. The van der Waals surface area contributed by atoms with E-state index in [-0.39, 0.29) is 24.6 Å². The third kappa shape index (κ3) is 4.62. The van der Waals surface area contributed by atoms with Crippen LogP contribution in [0.4, 0.5) is 0 Å². The number of Topliss-reactive ketones (excluding diaryl/α,β-unsaturated/α-hetero) is 1. The standard InChI is InChI=1S/C15H19ClO4/c1-15(2,3)14(19)20-9-8-12(17)13(18)10-6-4-5-7-11(10)16/h4-7,12,17H,8-9H2,1-3H3/t12-/m1/s1. The Kier molecular flexibility index (Phi) is 5.72. The number of benzene rings is 1. The lowest BCUT2D eigenvalue weighted by Gasteiger charge is -2.17. The Morgan fingerprint density at radius 3 is 2.45 bits per heavy atom. The van der Waals surface area contributed by atoms with Gasteiger partial charge in [0.15, 0.2) is 5.78 Å². The average Bonchev–Trinajstić information content (AvgIpc) is 2.37. The first kappa shape index (κ1) is 16.7. The zero-order valence-electron chi connectivity index (χ0n) is 11.9. The number of carbonyl (C=O) groups excluding carboxylic acids is 2. The molecule has 5 heteroatoms. The van der Waals surface area contributed by atoms with Gasteiger partial charge in [-0.1, -0.05) is 23.7 Å². The van der Waals surface area contributed by atoms with Crippen molar-refractivity contribution >= 4 is 23.4 Å². The topological polar surface area (TPSA) is 63.6 Å². The summed E-state index contributed by atoms with van der Waals surface area (Å²) >= 11 is 5.89. The van der Waals surface area contributed by atoms with Crippen LogP contribution in [0.3, 0.4) is 0 Å². The van der Waals surface area contributed by atoms with E-state index >= 15 is 0 Å². The van der Waals surface area contributed by atoms with Crippen LogP contribution in [0.25, 0.3) is 0 Å². The van der Waals surface area contributed by atoms with E-state index in [4.69, 9.17) is 16.3 Å². The molecule has 0 spiro atoms. The lowest BCUT2D eigenvalue weighted by molar-refractivity contribution is -0.153. The van der Waals surface area contributed by atoms with Crippen LogP contribution in [0.15, 0.2) is 24.3 Å². The maximum absolute atomic E-state index is 12.0. The van der Waals surface area contributed by atoms with Gasteiger partial charge in [0.05, 0.1) is 17.0 Å². The summed E-state index contributed by atoms with van der Waals surface area (Å²) < 4.78 is 5.01. The molecule has 0 aliphatic heterocycles. The molecule has 0 heterocycles. The molecule has 0 aliphatic carbocycles. The number of carbonyl (C=O) groups is 2. The van der Waals surface area contributed by atoms with Gasteiger partial charge in [0.25, 0.3) is 0 Å². The average molecular weight is 299 g/mol. The predicted octanol–water partition coefficient (Wildman–Crippen LogP) is 2.86. The first-order chi connectivity index (χ1) is 9.23. The Morgan fingerprint density at radius 2 is 1.90 bits per heavy atom. The molecule has 0 aromatic heterocycles. The second kappa shape index (κ2) is 6.86. The van der Waals surface area contributed by atoms with Crippen LogP contribution >= 0.6 is 11.6 Å². The second-order valence-corrected chi connectivity index (χ2v) is 5.94. The molecule has 1 rings (SSSR count). The van der Waals surface area contributed by atoms with Crippen molar-refractivity contribution in [2.45, 2.75) is 33.3 Å². The molecule has 0 unspecified atom stereocenters. The fraction of sp³-hybridized carbons (Fsp3) is 0.467. The van der Waals surface area contributed by atoms with Crippen molar-refractivity contribution in [1.82, 2.24) is 0 Å². The van der Waals surface area contributed by atoms with Crippen LogP contribution < -0.4 is 0 Å². The summed E-state index contributed by atoms with van der Waals surface area (Å²) in [5.74, 6) is -0.836. The van der Waals surface area contributed by atoms with E-state index < -0.39 is 17.3 Å². The molecule has 1 aromatic carbocycles. The highest BCUT2D eigenvalue weighted by Gasteiger charge is 2.24. The maximum atomic E-state index is 12.0. The summed E-state index contributed by atoms with van der Waals surface area (Å²) in [4.78, 5) is 23.5. The lowest BCUT2D eigenvalue weighted by atomic mass is 9.97. The minimum absolute atomic E-state index is 0.00649. The van der Waals surface area contributed by atoms with Gasteiger partial charge in [0, 0.05) is 12.0 Å². The van der Waals surface area contributed by atoms with E-state index in [0.29, 0.717) is 5.02 Å². The number of aliphatic hydroxyl groups is 1. The highest BCUT2D eigenvalue weighted by Crippen LogP contribution is 2.18. The molecule has 0 saturated carbocycles. The van der Waals surface area contributed by atoms with Gasteiger partial charge < -0.3 is 9.84 Å². The van der Waals surface area contributed by atoms with Gasteiger partial charge in [-0.25, -0.2) is 0 Å². The van der Waals surface area contributed by atoms with Gasteiger partial charge in [-0.3, -0.25) is 9.59 Å². The second-order valence-electron chi connectivity index (χ2n) is 5.53. The quantitative estimate of drug-likeness (QED) is 0.670. The van der Waals surface area contributed by atoms with Crippen molar-refractivity contribution in [1.29, 1.82) is 0 Å². The number of hydrogen-bond acceptors (Lipinski definition) is 4. The molecule has 110 valence electrons. The molecule has 1 N–H and O–H groups in total. The number of halogens is 1. The largest absolute Gasteiger partial charge is 0.465 e. The van der Waals surface area contributed by atoms with Crippen molar-refractivity contribution in [3.8, 4) is 0 Å². The number of esters is 1. The smallest absolute Gasteiger partial charge is 0.311 e. The molecule has 0 bridgehead atoms. The fourth-order valence-corrected chi connectivity index (χ4v) is 1.68. The van der Waals surface area contributed by atoms with Crippen LogP contribution in [0.2, 0.25) is 5.02 Å². The number of aliphatic hydroxyl groups excluding tert-OH is 1. The third-order valence-corrected chi connectivity index (χ3v) is 3.01. The Morgan fingerprint density at radius 1 is 1.30 bits per heavy atom. The van der Waals surface area contributed by atoms with Crippen LogP contribution in [0.5, 0.6) is 0 Å². The Balaban J connectivity index is 2.52. The number of ketones is 1. The Labute approximate surface area is 123 Å². The fourth-order valence-electron chi connectivity index (χ4n) is 1.45. The van der Waals surface area contributed by atoms with Crippen LogP contribution in [0, 0.1) is 5.41 Å². The molecule has 0 radical (unpaired) electrons. The molecular weight excluding hydrogens is 280 g/mol. The Bertz CT molecular complexity index is 491. The van der Waals surface area contributed by atoms with Crippen LogP contribution in [0.1, 0.15) is 37.6 Å². The Hall–Kier alpha value is -1.39. The molecule has 1 atom stereocenters. The summed E-state index contributed by atoms with van der Waals surface area (Å²) in [6.07, 6.45) is -1.19. The van der Waals surface area contributed by atoms with Gasteiger partial charge in [-0.05, 0) is 32.9 Å². The van der Waals surface area contributed by atoms with E-state index in [0.717, 1.165) is 0 Å². The first-order valence-corrected chi connectivity index (χ1v) is 6.75. The van der Waals surface area contributed by atoms with Crippen molar-refractivity contribution in [2.24, 2.45) is 5.41 Å². The van der Waals surface area contributed by atoms with Crippen LogP contribution in [-0.4, -0.2) is 29.6 Å². The minimum atomic E-state index is -1.23. The first-order valence-electron chi connectivity index (χ1n) is 6.37. The highest BCUT2D eigenvalue weighted by atomic mass is 35.5. The molecule has 0 saturated heterocycles. The molecule has 20 heavy (non-hydrogen) atoms. The SMILES string of the molecule is CC(C)(C)C(=O)OCC[C@@H](O)C(=O)c1ccccc1Cl. The minimum Gasteiger partial charge on any atom is -0.465 e. The van der Waals surface area contributed by atoms with Gasteiger partial charge in [-0.15, -0.1) is 0 Å². The summed E-state index contributed by atoms with van der Waals surface area (Å²) in [6.45, 7) is 5.20. The molecule has 1 aromatic rings. The van der Waals surface area contributed by atoms with E-state index in [1.807, 2.05) is 0 Å². The molecule has 4 nitrogen and oxygen atoms in total. The monoisotopic (exact) mass is 298 g/mol. The van der Waals surface area contributed by atoms with Crippen LogP contribution in [-0.2, 0) is 9.53 Å². The van der Waals surface area contributed by atoms with Gasteiger partial charge >= 0.3 is 5.97 Å². The van der Waals surface area contributed by atoms with Gasteiger partial charge in [-0.2, -0.15) is 0 Å². The summed E-state index contributed by atoms with van der Waals surface area (Å²) in [6, 6.07) is 6.51. The molecule has 0 aliphatic rings. The van der Waals surface area contributed by atoms with Gasteiger partial charge in [0.2, 0.25) is 0 Å². The number of ether oxygens (including phenoxy) is 1. The number of rotatable bonds is 5. The van der Waals surface area contributed by atoms with E-state index in [1.165, 1.54) is 0 Å². The van der Waals surface area contributed by atoms with Crippen molar-refractivity contribution in [3.63, 3.8) is 0 Å². The summed E-state index contributed by atoms with van der Waals surface area (Å²) in [5, 5.41) is 10.1. The zero-order chi connectivity index (χ0) is 15.3.